The minimum absolute atomic E-state index is 0.0183. The molecule has 7 nitrogen and oxygen atoms in total. The van der Waals surface area contributed by atoms with E-state index in [1.165, 1.54) is 18.5 Å². The molecule has 0 aromatic carbocycles. The maximum absolute atomic E-state index is 11.3. The molecule has 1 heterocycles. The molecule has 0 bridgehead atoms. The average molecular weight is 238 g/mol. The van der Waals surface area contributed by atoms with Crippen LogP contribution in [-0.4, -0.2) is 35.2 Å². The summed E-state index contributed by atoms with van der Waals surface area (Å²) in [6, 6.07) is 0.917. The number of carboxylic acids is 1. The predicted octanol–water partition coefficient (Wildman–Crippen LogP) is 0.250. The highest BCUT2D eigenvalue weighted by Crippen LogP contribution is 2.07. The number of carboxylic acid groups (broad SMARTS) is 1. The fourth-order valence-electron chi connectivity index (χ4n) is 1.10. The van der Waals surface area contributed by atoms with E-state index in [0.29, 0.717) is 25.2 Å². The molecule has 5 N–H and O–H groups in total. The van der Waals surface area contributed by atoms with E-state index >= 15 is 0 Å². The normalized spacial score (nSPS) is 9.71. The molecular weight excluding hydrogens is 224 g/mol. The van der Waals surface area contributed by atoms with Gasteiger partial charge >= 0.3 is 12.0 Å². The molecule has 0 aliphatic heterocycles. The number of carbonyl (C=O) groups is 2. The Morgan fingerprint density at radius 1 is 1.41 bits per heavy atom. The highest BCUT2D eigenvalue weighted by Gasteiger charge is 2.06. The van der Waals surface area contributed by atoms with Crippen LogP contribution in [0.3, 0.4) is 0 Å². The number of urea groups is 1. The summed E-state index contributed by atoms with van der Waals surface area (Å²) in [5.74, 6) is -1.09. The summed E-state index contributed by atoms with van der Waals surface area (Å²) in [5.41, 5.74) is 5.62. The summed E-state index contributed by atoms with van der Waals surface area (Å²) < 4.78 is 0. The van der Waals surface area contributed by atoms with Crippen molar-refractivity contribution in [3.8, 4) is 0 Å². The van der Waals surface area contributed by atoms with Crippen molar-refractivity contribution in [3.63, 3.8) is 0 Å². The summed E-state index contributed by atoms with van der Waals surface area (Å²) in [5, 5.41) is 13.8. The minimum atomic E-state index is -1.09. The van der Waals surface area contributed by atoms with Gasteiger partial charge in [-0.25, -0.2) is 9.59 Å². The molecule has 0 aliphatic rings. The van der Waals surface area contributed by atoms with Gasteiger partial charge in [-0.15, -0.1) is 0 Å². The van der Waals surface area contributed by atoms with Crippen LogP contribution in [0.5, 0.6) is 0 Å². The number of hydrogen-bond acceptors (Lipinski definition) is 4. The Morgan fingerprint density at radius 3 is 2.82 bits per heavy atom. The second-order valence-electron chi connectivity index (χ2n) is 3.29. The lowest BCUT2D eigenvalue weighted by molar-refractivity contribution is 0.0696. The Balaban J connectivity index is 2.53. The lowest BCUT2D eigenvalue weighted by Crippen LogP contribution is -2.30. The quantitative estimate of drug-likeness (QED) is 0.548. The molecule has 1 aromatic heterocycles. The third-order valence-electron chi connectivity index (χ3n) is 1.91. The Kier molecular flexibility index (Phi) is 4.89. The summed E-state index contributed by atoms with van der Waals surface area (Å²) in [6.45, 7) is 0.963. The smallest absolute Gasteiger partial charge is 0.337 e. The van der Waals surface area contributed by atoms with Crippen LogP contribution in [0.1, 0.15) is 16.8 Å². The second kappa shape index (κ2) is 6.44. The second-order valence-corrected chi connectivity index (χ2v) is 3.29. The summed E-state index contributed by atoms with van der Waals surface area (Å²) >= 11 is 0. The van der Waals surface area contributed by atoms with Gasteiger partial charge in [0.1, 0.15) is 0 Å². The number of anilines is 1. The highest BCUT2D eigenvalue weighted by molar-refractivity contribution is 5.92. The van der Waals surface area contributed by atoms with Crippen molar-refractivity contribution in [1.29, 1.82) is 0 Å². The monoisotopic (exact) mass is 238 g/mol. The van der Waals surface area contributed by atoms with E-state index in [9.17, 15) is 9.59 Å². The van der Waals surface area contributed by atoms with Gasteiger partial charge in [0.15, 0.2) is 0 Å². The fourth-order valence-corrected chi connectivity index (χ4v) is 1.10. The first-order chi connectivity index (χ1) is 8.13. The van der Waals surface area contributed by atoms with Gasteiger partial charge in [-0.1, -0.05) is 0 Å². The Labute approximate surface area is 98.0 Å². The molecule has 0 aliphatic carbocycles. The van der Waals surface area contributed by atoms with E-state index < -0.39 is 12.0 Å². The Bertz CT molecular complexity index is 408. The van der Waals surface area contributed by atoms with Crippen molar-refractivity contribution in [3.05, 3.63) is 24.0 Å². The Hall–Kier alpha value is -2.15. The van der Waals surface area contributed by atoms with E-state index in [1.807, 2.05) is 0 Å². The molecule has 92 valence electrons. The zero-order valence-corrected chi connectivity index (χ0v) is 9.14. The van der Waals surface area contributed by atoms with Crippen LogP contribution in [0.25, 0.3) is 0 Å². The third kappa shape index (κ3) is 4.47. The van der Waals surface area contributed by atoms with Crippen molar-refractivity contribution in [1.82, 2.24) is 10.3 Å². The van der Waals surface area contributed by atoms with Crippen molar-refractivity contribution in [2.24, 2.45) is 5.73 Å². The number of aromatic carboxylic acids is 1. The van der Waals surface area contributed by atoms with E-state index in [-0.39, 0.29) is 5.56 Å². The molecule has 2 amide bonds. The van der Waals surface area contributed by atoms with Crippen LogP contribution in [0.2, 0.25) is 0 Å². The number of nitrogens with one attached hydrogen (secondary N) is 2. The number of amides is 2. The van der Waals surface area contributed by atoms with E-state index in [1.54, 1.807) is 0 Å². The van der Waals surface area contributed by atoms with Gasteiger partial charge in [0.05, 0.1) is 17.4 Å². The van der Waals surface area contributed by atoms with Gasteiger partial charge in [-0.2, -0.15) is 0 Å². The van der Waals surface area contributed by atoms with Crippen LogP contribution in [0.15, 0.2) is 18.5 Å². The Morgan fingerprint density at radius 2 is 2.18 bits per heavy atom. The van der Waals surface area contributed by atoms with Crippen LogP contribution >= 0.6 is 0 Å². The predicted molar refractivity (Wildman–Crippen MR) is 61.9 cm³/mol. The lowest BCUT2D eigenvalue weighted by atomic mass is 10.3. The van der Waals surface area contributed by atoms with Crippen LogP contribution < -0.4 is 16.4 Å². The zero-order chi connectivity index (χ0) is 12.7. The molecule has 17 heavy (non-hydrogen) atoms. The highest BCUT2D eigenvalue weighted by atomic mass is 16.4. The van der Waals surface area contributed by atoms with Gasteiger partial charge in [0.25, 0.3) is 0 Å². The number of nitrogens with zero attached hydrogens (tertiary/aromatic N) is 1. The number of hydrogen-bond donors (Lipinski definition) is 4. The topological polar surface area (TPSA) is 117 Å². The molecule has 0 saturated heterocycles. The van der Waals surface area contributed by atoms with Gasteiger partial charge in [-0.3, -0.25) is 4.98 Å². The number of aromatic nitrogens is 1. The molecule has 0 fully saturated rings. The van der Waals surface area contributed by atoms with Crippen molar-refractivity contribution < 1.29 is 14.7 Å². The van der Waals surface area contributed by atoms with Crippen molar-refractivity contribution in [2.45, 2.75) is 6.42 Å². The molecular formula is C10H14N4O3. The van der Waals surface area contributed by atoms with E-state index in [0.717, 1.165) is 0 Å². The molecule has 0 unspecified atom stereocenters. The molecule has 0 spiro atoms. The number of nitrogens with two attached hydrogens (primary N) is 1. The van der Waals surface area contributed by atoms with Gasteiger partial charge in [-0.05, 0) is 19.0 Å². The first-order valence-corrected chi connectivity index (χ1v) is 5.06. The maximum atomic E-state index is 11.3. The fraction of sp³-hybridized carbons (Fsp3) is 0.300. The first-order valence-electron chi connectivity index (χ1n) is 5.06. The minimum Gasteiger partial charge on any atom is -0.478 e. The first kappa shape index (κ1) is 12.9. The number of carbonyl (C=O) groups excluding carboxylic acids is 1. The molecule has 7 heteroatoms. The summed E-state index contributed by atoms with van der Waals surface area (Å²) in [7, 11) is 0. The van der Waals surface area contributed by atoms with Gasteiger partial charge < -0.3 is 21.5 Å². The van der Waals surface area contributed by atoms with Crippen LogP contribution in [0.4, 0.5) is 10.5 Å². The molecule has 1 rings (SSSR count). The zero-order valence-electron chi connectivity index (χ0n) is 9.14. The SMILES string of the molecule is NCCCNC(=O)Nc1cncc(C(=O)O)c1. The number of rotatable bonds is 5. The van der Waals surface area contributed by atoms with E-state index in [2.05, 4.69) is 15.6 Å². The molecule has 0 radical (unpaired) electrons. The van der Waals surface area contributed by atoms with Gasteiger partial charge in [0, 0.05) is 12.7 Å². The third-order valence-corrected chi connectivity index (χ3v) is 1.91. The molecule has 0 saturated carbocycles. The molecule has 1 aromatic rings. The van der Waals surface area contributed by atoms with Crippen molar-refractivity contribution >= 4 is 17.7 Å². The standard InChI is InChI=1S/C10H14N4O3/c11-2-1-3-13-10(17)14-8-4-7(9(15)16)5-12-6-8/h4-6H,1-3,11H2,(H,15,16)(H2,13,14,17). The van der Waals surface area contributed by atoms with Crippen LogP contribution in [0, 0.1) is 0 Å². The largest absolute Gasteiger partial charge is 0.478 e. The van der Waals surface area contributed by atoms with E-state index in [4.69, 9.17) is 10.8 Å². The number of pyridine rings is 1. The van der Waals surface area contributed by atoms with Gasteiger partial charge in [0.2, 0.25) is 0 Å². The van der Waals surface area contributed by atoms with Crippen molar-refractivity contribution in [2.75, 3.05) is 18.4 Å². The van der Waals surface area contributed by atoms with Crippen LogP contribution in [-0.2, 0) is 0 Å². The lowest BCUT2D eigenvalue weighted by Gasteiger charge is -2.06. The maximum Gasteiger partial charge on any atom is 0.337 e. The summed E-state index contributed by atoms with van der Waals surface area (Å²) in [4.78, 5) is 25.7. The molecule has 0 atom stereocenters. The summed E-state index contributed by atoms with van der Waals surface area (Å²) in [6.07, 6.45) is 3.26. The average Bonchev–Trinajstić information content (AvgIpc) is 2.29.